The van der Waals surface area contributed by atoms with Crippen LogP contribution in [0.25, 0.3) is 0 Å². The molecule has 2 aliphatic carbocycles. The van der Waals surface area contributed by atoms with Gasteiger partial charge in [0.05, 0.1) is 0 Å². The van der Waals surface area contributed by atoms with Crippen LogP contribution in [0.3, 0.4) is 0 Å². The minimum Gasteiger partial charge on any atom is -0.339 e. The first-order valence-electron chi connectivity index (χ1n) is 11.4. The fraction of sp³-hybridized carbons (Fsp3) is 0.875. The van der Waals surface area contributed by atoms with Crippen LogP contribution >= 0.6 is 0 Å². The Morgan fingerprint density at radius 1 is 0.846 bits per heavy atom. The highest BCUT2D eigenvalue weighted by molar-refractivity contribution is 5.92. The van der Waals surface area contributed by atoms with E-state index in [0.717, 1.165) is 17.8 Å². The van der Waals surface area contributed by atoms with E-state index in [-0.39, 0.29) is 5.91 Å². The Hall–Kier alpha value is -0.790. The fourth-order valence-electron chi connectivity index (χ4n) is 5.25. The Kier molecular flexibility index (Phi) is 9.22. The fourth-order valence-corrected chi connectivity index (χ4v) is 5.25. The van der Waals surface area contributed by atoms with Crippen molar-refractivity contribution in [2.24, 2.45) is 17.8 Å². The third kappa shape index (κ3) is 6.74. The van der Waals surface area contributed by atoms with E-state index in [1.165, 1.54) is 89.9 Å². The van der Waals surface area contributed by atoms with Gasteiger partial charge in [-0.2, -0.15) is 0 Å². The van der Waals surface area contributed by atoms with Crippen LogP contribution in [-0.2, 0) is 4.79 Å². The molecule has 1 amide bonds. The summed E-state index contributed by atoms with van der Waals surface area (Å²) in [6, 6.07) is 0.439. The largest absolute Gasteiger partial charge is 0.339 e. The molecule has 0 bridgehead atoms. The Labute approximate surface area is 162 Å². The molecule has 0 aromatic carbocycles. The minimum absolute atomic E-state index is 0.129. The number of carbonyl (C=O) groups excluding carboxylic acids is 1. The van der Waals surface area contributed by atoms with Crippen molar-refractivity contribution in [3.63, 3.8) is 0 Å². The van der Waals surface area contributed by atoms with Crippen molar-refractivity contribution in [3.05, 3.63) is 12.2 Å². The first kappa shape index (κ1) is 21.5. The van der Waals surface area contributed by atoms with E-state index in [9.17, 15) is 4.79 Å². The normalized spacial score (nSPS) is 29.3. The molecular weight excluding hydrogens is 318 g/mol. The Balaban J connectivity index is 1.59. The average molecular weight is 362 g/mol. The molecule has 0 aromatic heterocycles. The Morgan fingerprint density at radius 3 is 1.77 bits per heavy atom. The molecule has 0 unspecified atom stereocenters. The molecule has 0 N–H and O–H groups in total. The lowest BCUT2D eigenvalue weighted by atomic mass is 9.75. The molecule has 2 saturated carbocycles. The summed E-state index contributed by atoms with van der Waals surface area (Å²) >= 11 is 0. The van der Waals surface area contributed by atoms with E-state index in [1.807, 2.05) is 18.9 Å². The highest BCUT2D eigenvalue weighted by Gasteiger charge is 2.27. The van der Waals surface area contributed by atoms with Gasteiger partial charge in [-0.05, 0) is 50.4 Å². The molecule has 0 heterocycles. The number of nitrogens with zero attached hydrogens (tertiary/aromatic N) is 1. The van der Waals surface area contributed by atoms with E-state index in [2.05, 4.69) is 13.5 Å². The van der Waals surface area contributed by atoms with Crippen molar-refractivity contribution < 1.29 is 4.79 Å². The molecule has 2 rings (SSSR count). The average Bonchev–Trinajstić information content (AvgIpc) is 2.66. The molecule has 26 heavy (non-hydrogen) atoms. The summed E-state index contributed by atoms with van der Waals surface area (Å²) in [5, 5.41) is 0. The summed E-state index contributed by atoms with van der Waals surface area (Å²) in [4.78, 5) is 14.0. The van der Waals surface area contributed by atoms with E-state index < -0.39 is 0 Å². The lowest BCUT2D eigenvalue weighted by molar-refractivity contribution is -0.128. The number of rotatable bonds is 9. The predicted molar refractivity (Wildman–Crippen MR) is 112 cm³/mol. The van der Waals surface area contributed by atoms with Crippen molar-refractivity contribution in [3.8, 4) is 0 Å². The standard InChI is InChI=1S/C24H43NO/c1-5-6-7-8-20-9-11-21(12-10-20)13-14-22-15-17-23(18-16-22)25(4)24(26)19(2)3/h20-23H,2,5-18H2,1,3-4H3. The summed E-state index contributed by atoms with van der Waals surface area (Å²) < 4.78 is 0. The van der Waals surface area contributed by atoms with Gasteiger partial charge in [0.1, 0.15) is 0 Å². The second-order valence-electron chi connectivity index (χ2n) is 9.33. The zero-order valence-corrected chi connectivity index (χ0v) is 17.8. The molecule has 0 spiro atoms. The van der Waals surface area contributed by atoms with Crippen molar-refractivity contribution in [1.29, 1.82) is 0 Å². The number of unbranched alkanes of at least 4 members (excludes halogenated alkanes) is 2. The second kappa shape index (κ2) is 11.1. The van der Waals surface area contributed by atoms with Crippen LogP contribution in [-0.4, -0.2) is 23.9 Å². The van der Waals surface area contributed by atoms with Gasteiger partial charge >= 0.3 is 0 Å². The van der Waals surface area contributed by atoms with Crippen molar-refractivity contribution >= 4 is 5.91 Å². The van der Waals surface area contributed by atoms with Gasteiger partial charge in [0.2, 0.25) is 5.91 Å². The molecule has 2 heteroatoms. The zero-order valence-electron chi connectivity index (χ0n) is 17.8. The first-order valence-corrected chi connectivity index (χ1v) is 11.4. The van der Waals surface area contributed by atoms with Crippen LogP contribution in [0.5, 0.6) is 0 Å². The quantitative estimate of drug-likeness (QED) is 0.329. The molecular formula is C24H43NO. The second-order valence-corrected chi connectivity index (χ2v) is 9.33. The summed E-state index contributed by atoms with van der Waals surface area (Å²) in [5.74, 6) is 3.07. The number of hydrogen-bond acceptors (Lipinski definition) is 1. The SMILES string of the molecule is C=C(C)C(=O)N(C)C1CCC(CCC2CCC(CCCCC)CC2)CC1. The van der Waals surface area contributed by atoms with Crippen molar-refractivity contribution in [2.75, 3.05) is 7.05 Å². The predicted octanol–water partition coefficient (Wildman–Crippen LogP) is 6.75. The summed E-state index contributed by atoms with van der Waals surface area (Å²) in [5.41, 5.74) is 0.667. The Bertz CT molecular complexity index is 427. The summed E-state index contributed by atoms with van der Waals surface area (Å²) in [6.07, 6.45) is 19.6. The van der Waals surface area contributed by atoms with Gasteiger partial charge in [-0.15, -0.1) is 0 Å². The number of hydrogen-bond donors (Lipinski definition) is 0. The topological polar surface area (TPSA) is 20.3 Å². The van der Waals surface area contributed by atoms with Crippen molar-refractivity contribution in [2.45, 2.75) is 110 Å². The minimum atomic E-state index is 0.129. The number of likely N-dealkylation sites (N-methyl/N-ethyl adjacent to an activating group) is 1. The van der Waals surface area contributed by atoms with Crippen LogP contribution in [0, 0.1) is 17.8 Å². The first-order chi connectivity index (χ1) is 12.5. The van der Waals surface area contributed by atoms with E-state index in [1.54, 1.807) is 0 Å². The number of carbonyl (C=O) groups is 1. The molecule has 2 fully saturated rings. The van der Waals surface area contributed by atoms with Crippen LogP contribution < -0.4 is 0 Å². The van der Waals surface area contributed by atoms with Gasteiger partial charge in [0.25, 0.3) is 0 Å². The van der Waals surface area contributed by atoms with Gasteiger partial charge in [-0.1, -0.05) is 77.7 Å². The zero-order chi connectivity index (χ0) is 18.9. The monoisotopic (exact) mass is 361 g/mol. The van der Waals surface area contributed by atoms with Crippen LogP contribution in [0.4, 0.5) is 0 Å². The maximum atomic E-state index is 12.1. The van der Waals surface area contributed by atoms with Crippen LogP contribution in [0.2, 0.25) is 0 Å². The van der Waals surface area contributed by atoms with E-state index >= 15 is 0 Å². The van der Waals surface area contributed by atoms with Gasteiger partial charge in [-0.25, -0.2) is 0 Å². The Morgan fingerprint density at radius 2 is 1.31 bits per heavy atom. The molecule has 0 aromatic rings. The molecule has 150 valence electrons. The van der Waals surface area contributed by atoms with Crippen LogP contribution in [0.1, 0.15) is 104 Å². The highest BCUT2D eigenvalue weighted by atomic mass is 16.2. The molecule has 0 saturated heterocycles. The van der Waals surface area contributed by atoms with E-state index in [0.29, 0.717) is 11.6 Å². The number of amides is 1. The van der Waals surface area contributed by atoms with Crippen molar-refractivity contribution in [1.82, 2.24) is 4.90 Å². The third-order valence-corrected chi connectivity index (χ3v) is 7.21. The maximum Gasteiger partial charge on any atom is 0.248 e. The lowest BCUT2D eigenvalue weighted by Gasteiger charge is -2.36. The molecule has 0 aliphatic heterocycles. The van der Waals surface area contributed by atoms with Gasteiger partial charge in [-0.3, -0.25) is 4.79 Å². The summed E-state index contributed by atoms with van der Waals surface area (Å²) in [7, 11) is 1.96. The molecule has 0 atom stereocenters. The molecule has 2 aliphatic rings. The molecule has 2 nitrogen and oxygen atoms in total. The maximum absolute atomic E-state index is 12.1. The van der Waals surface area contributed by atoms with Gasteiger partial charge < -0.3 is 4.90 Å². The third-order valence-electron chi connectivity index (χ3n) is 7.21. The van der Waals surface area contributed by atoms with Crippen LogP contribution in [0.15, 0.2) is 12.2 Å². The smallest absolute Gasteiger partial charge is 0.248 e. The molecule has 0 radical (unpaired) electrons. The summed E-state index contributed by atoms with van der Waals surface area (Å²) in [6.45, 7) is 7.93. The lowest BCUT2D eigenvalue weighted by Crippen LogP contribution is -2.39. The van der Waals surface area contributed by atoms with Gasteiger partial charge in [0, 0.05) is 18.7 Å². The van der Waals surface area contributed by atoms with E-state index in [4.69, 9.17) is 0 Å². The highest BCUT2D eigenvalue weighted by Crippen LogP contribution is 2.37. The van der Waals surface area contributed by atoms with Gasteiger partial charge in [0.15, 0.2) is 0 Å².